The molecule has 0 aromatic carbocycles. The highest BCUT2D eigenvalue weighted by Crippen LogP contribution is 2.42. The molecule has 2 saturated heterocycles. The largest absolute Gasteiger partial charge is 0.463 e. The zero-order valence-corrected chi connectivity index (χ0v) is 36.2. The highest BCUT2D eigenvalue weighted by molar-refractivity contribution is 5.75. The molecule has 18 nitrogen and oxygen atoms in total. The third-order valence-corrected chi connectivity index (χ3v) is 8.88. The summed E-state index contributed by atoms with van der Waals surface area (Å²) in [6.07, 6.45) is -13.6. The van der Waals surface area contributed by atoms with Crippen molar-refractivity contribution in [2.75, 3.05) is 19.8 Å². The number of aliphatic hydroxyl groups excluding tert-OH is 1. The quantitative estimate of drug-likeness (QED) is 0.146. The molecule has 2 aliphatic rings. The Morgan fingerprint density at radius 2 is 0.845 bits per heavy atom. The first-order valence-electron chi connectivity index (χ1n) is 19.8. The van der Waals surface area contributed by atoms with Crippen molar-refractivity contribution in [3.63, 3.8) is 0 Å². The molecule has 332 valence electrons. The van der Waals surface area contributed by atoms with Gasteiger partial charge in [-0.15, -0.1) is 0 Å². The first-order valence-corrected chi connectivity index (χ1v) is 19.8. The molecule has 9 atom stereocenters. The van der Waals surface area contributed by atoms with E-state index in [0.717, 1.165) is 0 Å². The van der Waals surface area contributed by atoms with E-state index in [2.05, 4.69) is 0 Å². The van der Waals surface area contributed by atoms with Gasteiger partial charge in [0.15, 0.2) is 24.4 Å². The van der Waals surface area contributed by atoms with Gasteiger partial charge in [-0.2, -0.15) is 0 Å². The van der Waals surface area contributed by atoms with E-state index in [1.807, 2.05) is 0 Å². The molecule has 2 fully saturated rings. The van der Waals surface area contributed by atoms with Gasteiger partial charge in [0.05, 0.1) is 41.4 Å². The van der Waals surface area contributed by atoms with E-state index < -0.39 is 158 Å². The van der Waals surface area contributed by atoms with Crippen molar-refractivity contribution in [3.05, 3.63) is 0 Å². The number of carbonyl (C=O) groups excluding carboxylic acids is 7. The topological polar surface area (TPSA) is 232 Å². The van der Waals surface area contributed by atoms with Crippen LogP contribution in [0.3, 0.4) is 0 Å². The second-order valence-electron chi connectivity index (χ2n) is 16.6. The maximum absolute atomic E-state index is 13.4. The van der Waals surface area contributed by atoms with Crippen LogP contribution < -0.4 is 0 Å². The number of esters is 7. The van der Waals surface area contributed by atoms with Crippen LogP contribution in [0, 0.1) is 41.4 Å². The molecule has 0 unspecified atom stereocenters. The minimum atomic E-state index is -2.51. The zero-order chi connectivity index (χ0) is 44.4. The van der Waals surface area contributed by atoms with Gasteiger partial charge in [0.2, 0.25) is 12.1 Å². The summed E-state index contributed by atoms with van der Waals surface area (Å²) in [6, 6.07) is 0. The van der Waals surface area contributed by atoms with E-state index in [0.29, 0.717) is 0 Å². The second kappa shape index (κ2) is 21.9. The van der Waals surface area contributed by atoms with Crippen LogP contribution in [-0.2, 0) is 80.9 Å². The first-order chi connectivity index (χ1) is 26.8. The lowest BCUT2D eigenvalue weighted by Gasteiger charge is -2.46. The van der Waals surface area contributed by atoms with E-state index in [9.17, 15) is 38.7 Å². The monoisotopic (exact) mass is 832 g/mol. The number of aliphatic hydroxyl groups is 1. The van der Waals surface area contributed by atoms with Crippen LogP contribution in [0.2, 0.25) is 0 Å². The van der Waals surface area contributed by atoms with E-state index in [1.165, 1.54) is 27.7 Å². The number of hydrogen-bond acceptors (Lipinski definition) is 18. The van der Waals surface area contributed by atoms with Gasteiger partial charge >= 0.3 is 41.8 Å². The molecule has 2 aliphatic heterocycles. The fourth-order valence-corrected chi connectivity index (χ4v) is 5.17. The average Bonchev–Trinajstić information content (AvgIpc) is 3.40. The van der Waals surface area contributed by atoms with Crippen LogP contribution in [0.25, 0.3) is 0 Å². The Balaban J connectivity index is 2.92. The molecule has 2 rings (SSSR count). The second-order valence-corrected chi connectivity index (χ2v) is 16.6. The highest BCUT2D eigenvalue weighted by Gasteiger charge is 2.65. The first kappa shape index (κ1) is 50.3. The van der Waals surface area contributed by atoms with Gasteiger partial charge < -0.3 is 52.5 Å². The predicted octanol–water partition coefficient (Wildman–Crippen LogP) is 3.05. The number of ether oxygens (including phenoxy) is 10. The molecule has 0 aliphatic carbocycles. The number of hydrogen-bond donors (Lipinski definition) is 1. The van der Waals surface area contributed by atoms with Crippen molar-refractivity contribution in [3.8, 4) is 0 Å². The summed E-state index contributed by atoms with van der Waals surface area (Å²) in [6.45, 7) is 19.7. The molecule has 18 heteroatoms. The molecule has 58 heavy (non-hydrogen) atoms. The molecule has 0 aromatic rings. The van der Waals surface area contributed by atoms with Crippen LogP contribution in [0.4, 0.5) is 0 Å². The fraction of sp³-hybridized carbons (Fsp3) is 0.825. The van der Waals surface area contributed by atoms with E-state index in [1.54, 1.807) is 69.2 Å². The maximum Gasteiger partial charge on any atom is 0.308 e. The van der Waals surface area contributed by atoms with Crippen molar-refractivity contribution < 1.29 is 86.0 Å². The van der Waals surface area contributed by atoms with Crippen molar-refractivity contribution in [2.24, 2.45) is 41.4 Å². The van der Waals surface area contributed by atoms with E-state index >= 15 is 0 Å². The highest BCUT2D eigenvalue weighted by atomic mass is 16.8. The molecule has 0 radical (unpaired) electrons. The minimum Gasteiger partial charge on any atom is -0.463 e. The van der Waals surface area contributed by atoms with E-state index in [-0.39, 0.29) is 0 Å². The molecule has 2 heterocycles. The predicted molar refractivity (Wildman–Crippen MR) is 200 cm³/mol. The van der Waals surface area contributed by atoms with Crippen molar-refractivity contribution in [1.29, 1.82) is 0 Å². The van der Waals surface area contributed by atoms with Crippen LogP contribution in [0.15, 0.2) is 0 Å². The molecule has 1 N–H and O–H groups in total. The Hall–Kier alpha value is -3.87. The van der Waals surface area contributed by atoms with Gasteiger partial charge in [0, 0.05) is 0 Å². The Kier molecular flexibility index (Phi) is 19.0. The van der Waals surface area contributed by atoms with Gasteiger partial charge in [0.25, 0.3) is 0 Å². The summed E-state index contributed by atoms with van der Waals surface area (Å²) in [5.74, 6) is -12.7. The lowest BCUT2D eigenvalue weighted by Crippen LogP contribution is -2.65. The summed E-state index contributed by atoms with van der Waals surface area (Å²) in [4.78, 5) is 91.2. The molecular weight excluding hydrogens is 768 g/mol. The third kappa shape index (κ3) is 13.6. The summed E-state index contributed by atoms with van der Waals surface area (Å²) in [7, 11) is 0. The molecular formula is C40H64O18. The summed E-state index contributed by atoms with van der Waals surface area (Å²) >= 11 is 0. The maximum atomic E-state index is 13.4. The Morgan fingerprint density at radius 3 is 1.28 bits per heavy atom. The molecule has 0 amide bonds. The Bertz CT molecular complexity index is 1430. The molecule has 0 spiro atoms. The lowest BCUT2D eigenvalue weighted by atomic mass is 9.97. The van der Waals surface area contributed by atoms with Gasteiger partial charge in [-0.05, 0) is 0 Å². The Morgan fingerprint density at radius 1 is 0.483 bits per heavy atom. The van der Waals surface area contributed by atoms with Crippen LogP contribution in [-0.4, -0.2) is 122 Å². The molecule has 0 saturated carbocycles. The van der Waals surface area contributed by atoms with Crippen molar-refractivity contribution >= 4 is 41.8 Å². The third-order valence-electron chi connectivity index (χ3n) is 8.88. The molecule has 0 aromatic heterocycles. The van der Waals surface area contributed by atoms with Crippen LogP contribution >= 0.6 is 0 Å². The Labute approximate surface area is 340 Å². The standard InChI is InChI=1S/C40H64O18/c1-18(2)32(42)49-15-25-28(53-35(45)21(7)8)27(41)30(55-37(47)23(11)12)39(52-25)58-40(17-51-34(44)20(5)6)31(56-38(48)24(13)14)29(54-36(46)22(9)10)26(57-40)16-50-33(43)19(3)4/h18-31,39,41H,15-17H2,1-14H3/t25-,26-,27+,28-,29-,30-,31+,39-,40+/m1/s1. The lowest BCUT2D eigenvalue weighted by molar-refractivity contribution is -0.385. The zero-order valence-electron chi connectivity index (χ0n) is 36.2. The average molecular weight is 833 g/mol. The van der Waals surface area contributed by atoms with E-state index in [4.69, 9.17) is 47.4 Å². The SMILES string of the molecule is CC(C)C(=O)OC[C@H]1O[C@@](COC(=O)C(C)C)(O[C@H]2O[C@H](COC(=O)C(C)C)[C@@H](OC(=O)C(C)C)[C@H](O)[C@H]2OC(=O)C(C)C)[C@@H](OC(=O)C(C)C)[C@@H]1OC(=O)C(C)C. The van der Waals surface area contributed by atoms with Gasteiger partial charge in [0.1, 0.15) is 38.1 Å². The van der Waals surface area contributed by atoms with Crippen molar-refractivity contribution in [2.45, 2.75) is 152 Å². The van der Waals surface area contributed by atoms with Crippen LogP contribution in [0.5, 0.6) is 0 Å². The van der Waals surface area contributed by atoms with Gasteiger partial charge in [-0.1, -0.05) is 96.9 Å². The van der Waals surface area contributed by atoms with Gasteiger partial charge in [-0.3, -0.25) is 33.6 Å². The smallest absolute Gasteiger partial charge is 0.308 e. The normalized spacial score (nSPS) is 27.3. The minimum absolute atomic E-state index is 0.576. The number of rotatable bonds is 19. The van der Waals surface area contributed by atoms with Crippen molar-refractivity contribution in [1.82, 2.24) is 0 Å². The summed E-state index contributed by atoms with van der Waals surface area (Å²) in [5.41, 5.74) is 0. The summed E-state index contributed by atoms with van der Waals surface area (Å²) < 4.78 is 58.9. The molecule has 0 bridgehead atoms. The number of carbonyl (C=O) groups is 7. The van der Waals surface area contributed by atoms with Crippen LogP contribution in [0.1, 0.15) is 96.9 Å². The summed E-state index contributed by atoms with van der Waals surface area (Å²) in [5, 5.41) is 11.9. The fourth-order valence-electron chi connectivity index (χ4n) is 5.17. The van der Waals surface area contributed by atoms with Gasteiger partial charge in [-0.25, -0.2) is 0 Å².